The highest BCUT2D eigenvalue weighted by Gasteiger charge is 2.36. The molecule has 0 aliphatic heterocycles. The van der Waals surface area contributed by atoms with Crippen molar-refractivity contribution in [1.29, 1.82) is 0 Å². The van der Waals surface area contributed by atoms with E-state index in [-0.39, 0.29) is 11.3 Å². The molecule has 1 fully saturated rings. The lowest BCUT2D eigenvalue weighted by Gasteiger charge is -2.40. The minimum atomic E-state index is -0.754. The Morgan fingerprint density at radius 1 is 1.19 bits per heavy atom. The lowest BCUT2D eigenvalue weighted by atomic mass is 9.71. The van der Waals surface area contributed by atoms with Crippen molar-refractivity contribution in [3.8, 4) is 0 Å². The molecule has 0 aromatic carbocycles. The Labute approximate surface area is 127 Å². The van der Waals surface area contributed by atoms with E-state index in [9.17, 15) is 14.7 Å². The topological polar surface area (TPSA) is 90.5 Å². The molecule has 0 bridgehead atoms. The zero-order valence-corrected chi connectivity index (χ0v) is 13.6. The molecular formula is C15H29N3O3. The number of aliphatic hydroxyl groups is 1. The first-order chi connectivity index (χ1) is 9.67. The van der Waals surface area contributed by atoms with E-state index in [1.165, 1.54) is 0 Å². The second-order valence-corrected chi connectivity index (χ2v) is 6.84. The van der Waals surface area contributed by atoms with Gasteiger partial charge in [-0.05, 0) is 44.9 Å². The lowest BCUT2D eigenvalue weighted by molar-refractivity contribution is -0.122. The van der Waals surface area contributed by atoms with E-state index < -0.39 is 17.7 Å². The van der Waals surface area contributed by atoms with Crippen molar-refractivity contribution < 1.29 is 14.7 Å². The van der Waals surface area contributed by atoms with Crippen molar-refractivity contribution in [2.24, 2.45) is 5.41 Å². The predicted molar refractivity (Wildman–Crippen MR) is 81.9 cm³/mol. The monoisotopic (exact) mass is 299 g/mol. The maximum atomic E-state index is 11.8. The normalized spacial score (nSPS) is 21.4. The Kier molecular flexibility index (Phi) is 6.16. The van der Waals surface area contributed by atoms with Gasteiger partial charge in [0.2, 0.25) is 5.91 Å². The lowest BCUT2D eigenvalue weighted by Crippen LogP contribution is -2.52. The Morgan fingerprint density at radius 2 is 1.76 bits per heavy atom. The van der Waals surface area contributed by atoms with E-state index in [4.69, 9.17) is 0 Å². The molecule has 0 heterocycles. The van der Waals surface area contributed by atoms with Crippen LogP contribution in [0.25, 0.3) is 0 Å². The minimum absolute atomic E-state index is 0.285. The minimum Gasteiger partial charge on any atom is -0.389 e. The van der Waals surface area contributed by atoms with Crippen molar-refractivity contribution in [2.45, 2.75) is 65.0 Å². The summed E-state index contributed by atoms with van der Waals surface area (Å²) in [5.74, 6) is -0.388. The second kappa shape index (κ2) is 7.22. The number of urea groups is 1. The molecule has 6 nitrogen and oxygen atoms in total. The van der Waals surface area contributed by atoms with Gasteiger partial charge in [-0.1, -0.05) is 13.8 Å². The summed E-state index contributed by atoms with van der Waals surface area (Å²) in [5.41, 5.74) is -0.469. The summed E-state index contributed by atoms with van der Waals surface area (Å²) in [6.45, 7) is 8.73. The highest BCUT2D eigenvalue weighted by Crippen LogP contribution is 2.39. The van der Waals surface area contributed by atoms with Crippen LogP contribution in [0.1, 0.15) is 53.4 Å². The fraction of sp³-hybridized carbons (Fsp3) is 0.867. The summed E-state index contributed by atoms with van der Waals surface area (Å²) in [5, 5.41) is 18.3. The molecule has 3 amide bonds. The van der Waals surface area contributed by atoms with Gasteiger partial charge in [0.25, 0.3) is 0 Å². The molecule has 1 saturated carbocycles. The molecule has 1 aliphatic carbocycles. The van der Waals surface area contributed by atoms with Crippen LogP contribution in [0.2, 0.25) is 0 Å². The van der Waals surface area contributed by atoms with Gasteiger partial charge in [-0.2, -0.15) is 0 Å². The van der Waals surface area contributed by atoms with Gasteiger partial charge in [-0.15, -0.1) is 0 Å². The van der Waals surface area contributed by atoms with Gasteiger partial charge < -0.3 is 15.7 Å². The van der Waals surface area contributed by atoms with Crippen LogP contribution < -0.4 is 16.0 Å². The number of hydrogen-bond donors (Lipinski definition) is 4. The quantitative estimate of drug-likeness (QED) is 0.613. The molecule has 6 heteroatoms. The summed E-state index contributed by atoms with van der Waals surface area (Å²) in [6, 6.07) is -1.01. The van der Waals surface area contributed by atoms with Gasteiger partial charge in [-0.25, -0.2) is 4.79 Å². The standard InChI is InChI=1S/C15H29N3O3/c1-5-16-13(20)18-12(19)11(2)17-10-15(21)8-6-14(3,4)7-9-15/h11,17,21H,5-10H2,1-4H3,(H2,16,18,19,20). The van der Waals surface area contributed by atoms with Gasteiger partial charge in [-0.3, -0.25) is 10.1 Å². The number of nitrogens with one attached hydrogen (secondary N) is 3. The van der Waals surface area contributed by atoms with Crippen LogP contribution in [0.15, 0.2) is 0 Å². The number of imide groups is 1. The van der Waals surface area contributed by atoms with Crippen LogP contribution in [-0.2, 0) is 4.79 Å². The Hall–Kier alpha value is -1.14. The van der Waals surface area contributed by atoms with E-state index in [0.29, 0.717) is 13.1 Å². The Bertz CT molecular complexity index is 372. The maximum Gasteiger partial charge on any atom is 0.321 e. The summed E-state index contributed by atoms with van der Waals surface area (Å²) < 4.78 is 0. The summed E-state index contributed by atoms with van der Waals surface area (Å²) >= 11 is 0. The highest BCUT2D eigenvalue weighted by atomic mass is 16.3. The fourth-order valence-corrected chi connectivity index (χ4v) is 2.43. The zero-order chi connectivity index (χ0) is 16.1. The largest absolute Gasteiger partial charge is 0.389 e. The fourth-order valence-electron chi connectivity index (χ4n) is 2.43. The summed E-state index contributed by atoms with van der Waals surface area (Å²) in [7, 11) is 0. The number of carbonyl (C=O) groups excluding carboxylic acids is 2. The van der Waals surface area contributed by atoms with E-state index in [2.05, 4.69) is 29.8 Å². The first-order valence-corrected chi connectivity index (χ1v) is 7.72. The molecule has 0 saturated heterocycles. The number of rotatable bonds is 5. The first-order valence-electron chi connectivity index (χ1n) is 7.72. The van der Waals surface area contributed by atoms with Crippen LogP contribution in [-0.4, -0.2) is 41.8 Å². The van der Waals surface area contributed by atoms with Crippen molar-refractivity contribution >= 4 is 11.9 Å². The molecule has 0 radical (unpaired) electrons. The molecule has 122 valence electrons. The number of hydrogen-bond acceptors (Lipinski definition) is 4. The molecule has 1 atom stereocenters. The Balaban J connectivity index is 2.37. The average molecular weight is 299 g/mol. The molecular weight excluding hydrogens is 270 g/mol. The SMILES string of the molecule is CCNC(=O)NC(=O)C(C)NCC1(O)CCC(C)(C)CC1. The third-order valence-electron chi connectivity index (χ3n) is 4.24. The van der Waals surface area contributed by atoms with Crippen molar-refractivity contribution in [3.05, 3.63) is 0 Å². The second-order valence-electron chi connectivity index (χ2n) is 6.84. The predicted octanol–water partition coefficient (Wildman–Crippen LogP) is 1.14. The van der Waals surface area contributed by atoms with Crippen molar-refractivity contribution in [1.82, 2.24) is 16.0 Å². The number of carbonyl (C=O) groups is 2. The van der Waals surface area contributed by atoms with Gasteiger partial charge in [0.05, 0.1) is 11.6 Å². The maximum absolute atomic E-state index is 11.8. The van der Waals surface area contributed by atoms with Gasteiger partial charge in [0.1, 0.15) is 0 Å². The number of amides is 3. The molecule has 1 rings (SSSR count). The van der Waals surface area contributed by atoms with Gasteiger partial charge in [0, 0.05) is 13.1 Å². The molecule has 1 unspecified atom stereocenters. The van der Waals surface area contributed by atoms with Crippen molar-refractivity contribution in [2.75, 3.05) is 13.1 Å². The molecule has 21 heavy (non-hydrogen) atoms. The first kappa shape index (κ1) is 17.9. The highest BCUT2D eigenvalue weighted by molar-refractivity contribution is 5.96. The van der Waals surface area contributed by atoms with Gasteiger partial charge >= 0.3 is 6.03 Å². The average Bonchev–Trinajstić information content (AvgIpc) is 2.40. The van der Waals surface area contributed by atoms with Crippen molar-refractivity contribution in [3.63, 3.8) is 0 Å². The third-order valence-corrected chi connectivity index (χ3v) is 4.24. The molecule has 0 spiro atoms. The Morgan fingerprint density at radius 3 is 2.29 bits per heavy atom. The van der Waals surface area contributed by atoms with Crippen LogP contribution in [0, 0.1) is 5.41 Å². The molecule has 0 aromatic rings. The summed E-state index contributed by atoms with van der Waals surface area (Å²) in [4.78, 5) is 23.1. The third kappa shape index (κ3) is 6.01. The smallest absolute Gasteiger partial charge is 0.321 e. The van der Waals surface area contributed by atoms with Crippen LogP contribution in [0.3, 0.4) is 0 Å². The van der Waals surface area contributed by atoms with Crippen LogP contribution in [0.4, 0.5) is 4.79 Å². The van der Waals surface area contributed by atoms with E-state index in [0.717, 1.165) is 25.7 Å². The van der Waals surface area contributed by atoms with E-state index in [1.807, 2.05) is 0 Å². The van der Waals surface area contributed by atoms with E-state index >= 15 is 0 Å². The molecule has 0 aromatic heterocycles. The zero-order valence-electron chi connectivity index (χ0n) is 13.6. The van der Waals surface area contributed by atoms with E-state index in [1.54, 1.807) is 13.8 Å². The van der Waals surface area contributed by atoms with Crippen LogP contribution >= 0.6 is 0 Å². The molecule has 1 aliphatic rings. The summed E-state index contributed by atoms with van der Waals surface area (Å²) in [6.07, 6.45) is 3.42. The van der Waals surface area contributed by atoms with Crippen LogP contribution in [0.5, 0.6) is 0 Å². The molecule has 4 N–H and O–H groups in total. The van der Waals surface area contributed by atoms with Gasteiger partial charge in [0.15, 0.2) is 0 Å².